The van der Waals surface area contributed by atoms with Crippen LogP contribution in [0.25, 0.3) is 5.52 Å². The van der Waals surface area contributed by atoms with Crippen LogP contribution in [0.2, 0.25) is 0 Å². The number of terminal acetylenes is 1. The van der Waals surface area contributed by atoms with Gasteiger partial charge < -0.3 is 10.1 Å². The molecule has 0 spiro atoms. The molecule has 0 bridgehead atoms. The molecular weight excluding hydrogens is 424 g/mol. The Labute approximate surface area is 204 Å². The smallest absolute Gasteiger partial charge is 0.343 e. The summed E-state index contributed by atoms with van der Waals surface area (Å²) in [6.45, 7) is 13.4. The van der Waals surface area contributed by atoms with Crippen LogP contribution in [0.1, 0.15) is 62.9 Å². The van der Waals surface area contributed by atoms with Crippen molar-refractivity contribution in [3.8, 4) is 12.8 Å². The summed E-state index contributed by atoms with van der Waals surface area (Å²) in [6, 6.07) is 7.24. The van der Waals surface area contributed by atoms with E-state index in [2.05, 4.69) is 43.8 Å². The van der Waals surface area contributed by atoms with Gasteiger partial charge in [-0.3, -0.25) is 9.20 Å². The minimum atomic E-state index is -0.579. The zero-order valence-electron chi connectivity index (χ0n) is 21.0. The van der Waals surface area contributed by atoms with Crippen LogP contribution in [-0.2, 0) is 11.3 Å². The van der Waals surface area contributed by atoms with Crippen molar-refractivity contribution in [3.63, 3.8) is 0 Å². The third-order valence-electron chi connectivity index (χ3n) is 5.53. The van der Waals surface area contributed by atoms with E-state index < -0.39 is 5.97 Å². The highest BCUT2D eigenvalue weighted by Gasteiger charge is 2.17. The summed E-state index contributed by atoms with van der Waals surface area (Å²) >= 11 is 0. The van der Waals surface area contributed by atoms with Crippen LogP contribution >= 0.6 is 0 Å². The molecule has 34 heavy (non-hydrogen) atoms. The van der Waals surface area contributed by atoms with Crippen molar-refractivity contribution in [3.05, 3.63) is 87.9 Å². The quantitative estimate of drug-likeness (QED) is 0.225. The Morgan fingerprint density at radius 3 is 2.74 bits per heavy atom. The van der Waals surface area contributed by atoms with E-state index in [1.807, 2.05) is 32.1 Å². The first kappa shape index (κ1) is 28.7. The second kappa shape index (κ2) is 15.5. The number of carbonyl (C=O) groups excluding carboxylic acids is 1. The summed E-state index contributed by atoms with van der Waals surface area (Å²) in [6.07, 6.45) is 19.2. The Bertz CT molecular complexity index is 1090. The van der Waals surface area contributed by atoms with Gasteiger partial charge in [0.15, 0.2) is 0 Å². The molecule has 2 aromatic heterocycles. The monoisotopic (exact) mass is 462 g/mol. The number of nitrogens with one attached hydrogen (secondary N) is 1. The van der Waals surface area contributed by atoms with Crippen LogP contribution in [0.15, 0.2) is 71.2 Å². The van der Waals surface area contributed by atoms with Crippen LogP contribution in [0.3, 0.4) is 0 Å². The lowest BCUT2D eigenvalue weighted by molar-refractivity contribution is 0.0524. The van der Waals surface area contributed by atoms with Gasteiger partial charge in [0.1, 0.15) is 5.56 Å². The number of nitrogens with zero attached hydrogens (tertiary/aromatic N) is 1. The van der Waals surface area contributed by atoms with E-state index in [1.165, 1.54) is 15.5 Å². The highest BCUT2D eigenvalue weighted by Crippen LogP contribution is 2.27. The highest BCUT2D eigenvalue weighted by molar-refractivity contribution is 5.90. The summed E-state index contributed by atoms with van der Waals surface area (Å²) in [7, 11) is 0. The van der Waals surface area contributed by atoms with Gasteiger partial charge in [-0.25, -0.2) is 4.79 Å². The van der Waals surface area contributed by atoms with Crippen molar-refractivity contribution in [1.29, 1.82) is 0 Å². The average Bonchev–Trinajstić information content (AvgIpc) is 2.87. The fourth-order valence-electron chi connectivity index (χ4n) is 3.90. The Kier molecular flexibility index (Phi) is 13.0. The van der Waals surface area contributed by atoms with Gasteiger partial charge >= 0.3 is 5.97 Å². The molecule has 0 aromatic carbocycles. The summed E-state index contributed by atoms with van der Waals surface area (Å²) in [5.74, 6) is -0.0386. The first-order chi connectivity index (χ1) is 16.5. The van der Waals surface area contributed by atoms with E-state index in [9.17, 15) is 9.59 Å². The maximum absolute atomic E-state index is 12.7. The Morgan fingerprint density at radius 1 is 1.32 bits per heavy atom. The van der Waals surface area contributed by atoms with Crippen molar-refractivity contribution in [1.82, 2.24) is 9.72 Å². The van der Waals surface area contributed by atoms with Crippen LogP contribution < -0.4 is 10.9 Å². The summed E-state index contributed by atoms with van der Waals surface area (Å²) in [4.78, 5) is 24.9. The summed E-state index contributed by atoms with van der Waals surface area (Å²) < 4.78 is 6.58. The van der Waals surface area contributed by atoms with Crippen LogP contribution in [-0.4, -0.2) is 23.5 Å². The first-order valence-corrected chi connectivity index (χ1v) is 11.9. The van der Waals surface area contributed by atoms with Crippen LogP contribution in [0.4, 0.5) is 0 Å². The number of allylic oxidation sites excluding steroid dienone is 4. The molecule has 5 heteroatoms. The fraction of sp³-hybridized carbons (Fsp3) is 0.379. The number of ether oxygens (including phenoxy) is 1. The zero-order valence-corrected chi connectivity index (χ0v) is 21.0. The number of carbonyl (C=O) groups is 1. The standard InChI is InChI=1S/C25H30N2O3.C2H6.C2H2/c1-4-8-19-11-10-18(3)20(15-19)12-13-26-17-21-16-22(25(29)30-5-2)24(28)27-14-7-6-9-23(21)27;2*1-2/h4,6-7,9-11,14,16,19,26H,1,5,8,12-13,15,17H2,2-3H3;1-2H3;1-2H. The largest absolute Gasteiger partial charge is 0.462 e. The second-order valence-electron chi connectivity index (χ2n) is 7.63. The number of esters is 1. The molecule has 1 aliphatic carbocycles. The van der Waals surface area contributed by atoms with Gasteiger partial charge in [0.25, 0.3) is 5.56 Å². The molecule has 0 saturated heterocycles. The van der Waals surface area contributed by atoms with Gasteiger partial charge in [-0.05, 0) is 69.3 Å². The van der Waals surface area contributed by atoms with Gasteiger partial charge in [0, 0.05) is 12.7 Å². The number of aromatic nitrogens is 1. The van der Waals surface area contributed by atoms with E-state index in [4.69, 9.17) is 4.74 Å². The Balaban J connectivity index is 0.00000137. The normalized spacial score (nSPS) is 14.5. The van der Waals surface area contributed by atoms with Gasteiger partial charge in [-0.15, -0.1) is 19.4 Å². The minimum absolute atomic E-state index is 0.0700. The number of rotatable bonds is 9. The van der Waals surface area contributed by atoms with Crippen molar-refractivity contribution in [2.45, 2.75) is 53.5 Å². The van der Waals surface area contributed by atoms with E-state index in [0.717, 1.165) is 36.9 Å². The average molecular weight is 463 g/mol. The maximum atomic E-state index is 12.7. The fourth-order valence-corrected chi connectivity index (χ4v) is 3.90. The van der Waals surface area contributed by atoms with Crippen LogP contribution in [0, 0.1) is 18.8 Å². The third-order valence-corrected chi connectivity index (χ3v) is 5.53. The van der Waals surface area contributed by atoms with Gasteiger partial charge in [-0.2, -0.15) is 0 Å². The Hall–Kier alpha value is -3.36. The molecule has 1 N–H and O–H groups in total. The minimum Gasteiger partial charge on any atom is -0.462 e. The number of pyridine rings is 2. The van der Waals surface area contributed by atoms with E-state index >= 15 is 0 Å². The Morgan fingerprint density at radius 2 is 2.06 bits per heavy atom. The lowest BCUT2D eigenvalue weighted by Crippen LogP contribution is -2.26. The number of hydrogen-bond acceptors (Lipinski definition) is 4. The molecule has 0 aliphatic heterocycles. The molecule has 0 fully saturated rings. The van der Waals surface area contributed by atoms with E-state index in [1.54, 1.807) is 25.3 Å². The molecule has 0 radical (unpaired) electrons. The predicted octanol–water partition coefficient (Wildman–Crippen LogP) is 5.70. The zero-order chi connectivity index (χ0) is 25.5. The summed E-state index contributed by atoms with van der Waals surface area (Å²) in [5, 5.41) is 3.48. The molecule has 5 nitrogen and oxygen atoms in total. The molecule has 2 heterocycles. The lowest BCUT2D eigenvalue weighted by Gasteiger charge is -2.20. The third kappa shape index (κ3) is 7.60. The van der Waals surface area contributed by atoms with Gasteiger partial charge in [-0.1, -0.05) is 49.3 Å². The van der Waals surface area contributed by atoms with E-state index in [0.29, 0.717) is 12.5 Å². The summed E-state index contributed by atoms with van der Waals surface area (Å²) in [5.41, 5.74) is 4.23. The molecule has 1 atom stereocenters. The SMILES string of the molecule is C#C.C=CCC1C=CC(C)=C(CCNCc2cc(C(=O)OCC)c(=O)n3ccccc23)C1.CC. The molecule has 3 rings (SSSR count). The first-order valence-electron chi connectivity index (χ1n) is 11.9. The molecule has 182 valence electrons. The molecule has 0 amide bonds. The molecule has 1 unspecified atom stereocenters. The molecular formula is C29H38N2O3. The van der Waals surface area contributed by atoms with E-state index in [-0.39, 0.29) is 17.7 Å². The topological polar surface area (TPSA) is 59.8 Å². The second-order valence-corrected chi connectivity index (χ2v) is 7.63. The lowest BCUT2D eigenvalue weighted by atomic mass is 9.87. The number of hydrogen-bond donors (Lipinski definition) is 1. The molecule has 0 saturated carbocycles. The van der Waals surface area contributed by atoms with Gasteiger partial charge in [0.05, 0.1) is 12.1 Å². The van der Waals surface area contributed by atoms with Crippen molar-refractivity contribution >= 4 is 11.5 Å². The van der Waals surface area contributed by atoms with Crippen molar-refractivity contribution in [2.24, 2.45) is 5.92 Å². The van der Waals surface area contributed by atoms with Crippen molar-refractivity contribution < 1.29 is 9.53 Å². The van der Waals surface area contributed by atoms with Crippen molar-refractivity contribution in [2.75, 3.05) is 13.2 Å². The van der Waals surface area contributed by atoms with Crippen LogP contribution in [0.5, 0.6) is 0 Å². The maximum Gasteiger partial charge on any atom is 0.343 e. The molecule has 1 aliphatic rings. The predicted molar refractivity (Wildman–Crippen MR) is 142 cm³/mol. The number of fused-ring (bicyclic) bond motifs is 1. The highest BCUT2D eigenvalue weighted by atomic mass is 16.5. The van der Waals surface area contributed by atoms with Gasteiger partial charge in [0.2, 0.25) is 0 Å². The molecule has 2 aromatic rings.